The van der Waals surface area contributed by atoms with Crippen molar-refractivity contribution in [3.05, 3.63) is 35.4 Å². The summed E-state index contributed by atoms with van der Waals surface area (Å²) in [6, 6.07) is 9.78. The predicted molar refractivity (Wildman–Crippen MR) is 86.9 cm³/mol. The third-order valence-corrected chi connectivity index (χ3v) is 4.83. The molecule has 1 amide bonds. The second kappa shape index (κ2) is 7.14. The Morgan fingerprint density at radius 1 is 1.27 bits per heavy atom. The quantitative estimate of drug-likeness (QED) is 0.931. The standard InChI is InChI=1S/C18H26N2O2/c1-2-22-18(21)20-12-10-15(11-13-20)19-17-9-5-7-14-6-3-4-8-16(14)17/h3-4,6,8,15,17,19H,2,5,7,9-13H2,1H3. The molecule has 1 atom stereocenters. The van der Waals surface area contributed by atoms with Crippen molar-refractivity contribution in [1.82, 2.24) is 10.2 Å². The van der Waals surface area contributed by atoms with Gasteiger partial charge in [0.1, 0.15) is 0 Å². The van der Waals surface area contributed by atoms with E-state index in [2.05, 4.69) is 29.6 Å². The fraction of sp³-hybridized carbons (Fsp3) is 0.611. The van der Waals surface area contributed by atoms with Gasteiger partial charge in [0.15, 0.2) is 0 Å². The summed E-state index contributed by atoms with van der Waals surface area (Å²) in [6.45, 7) is 3.90. The van der Waals surface area contributed by atoms with Crippen LogP contribution < -0.4 is 5.32 Å². The van der Waals surface area contributed by atoms with Crippen LogP contribution in [0.2, 0.25) is 0 Å². The van der Waals surface area contributed by atoms with Crippen molar-refractivity contribution >= 4 is 6.09 Å². The lowest BCUT2D eigenvalue weighted by Crippen LogP contribution is -2.46. The molecular formula is C18H26N2O2. The highest BCUT2D eigenvalue weighted by Crippen LogP contribution is 2.30. The van der Waals surface area contributed by atoms with E-state index in [4.69, 9.17) is 4.74 Å². The molecule has 1 aromatic rings. The van der Waals surface area contributed by atoms with Gasteiger partial charge in [-0.25, -0.2) is 4.79 Å². The fourth-order valence-electron chi connectivity index (χ4n) is 3.66. The van der Waals surface area contributed by atoms with E-state index in [0.29, 0.717) is 18.7 Å². The highest BCUT2D eigenvalue weighted by Gasteiger charge is 2.27. The Morgan fingerprint density at radius 3 is 2.82 bits per heavy atom. The van der Waals surface area contributed by atoms with Crippen LogP contribution in [0.15, 0.2) is 24.3 Å². The number of ether oxygens (including phenoxy) is 1. The summed E-state index contributed by atoms with van der Waals surface area (Å²) < 4.78 is 5.08. The highest BCUT2D eigenvalue weighted by molar-refractivity contribution is 5.67. The second-order valence-corrected chi connectivity index (χ2v) is 6.27. The van der Waals surface area contributed by atoms with E-state index < -0.39 is 0 Å². The number of hydrogen-bond donors (Lipinski definition) is 1. The Hall–Kier alpha value is -1.55. The van der Waals surface area contributed by atoms with Crippen LogP contribution in [0, 0.1) is 0 Å². The largest absolute Gasteiger partial charge is 0.450 e. The van der Waals surface area contributed by atoms with Crippen molar-refractivity contribution < 1.29 is 9.53 Å². The molecule has 120 valence electrons. The summed E-state index contributed by atoms with van der Waals surface area (Å²) in [5.74, 6) is 0. The Morgan fingerprint density at radius 2 is 2.05 bits per heavy atom. The predicted octanol–water partition coefficient (Wildman–Crippen LogP) is 3.27. The summed E-state index contributed by atoms with van der Waals surface area (Å²) >= 11 is 0. The van der Waals surface area contributed by atoms with E-state index in [9.17, 15) is 4.79 Å². The number of benzene rings is 1. The van der Waals surface area contributed by atoms with E-state index in [1.54, 1.807) is 0 Å². The van der Waals surface area contributed by atoms with Gasteiger partial charge in [0.25, 0.3) is 0 Å². The summed E-state index contributed by atoms with van der Waals surface area (Å²) in [7, 11) is 0. The minimum Gasteiger partial charge on any atom is -0.450 e. The molecule has 0 aromatic heterocycles. The molecule has 4 nitrogen and oxygen atoms in total. The topological polar surface area (TPSA) is 41.6 Å². The lowest BCUT2D eigenvalue weighted by molar-refractivity contribution is 0.0939. The number of rotatable bonds is 3. The molecule has 1 unspecified atom stereocenters. The zero-order valence-electron chi connectivity index (χ0n) is 13.4. The molecule has 22 heavy (non-hydrogen) atoms. The number of likely N-dealkylation sites (tertiary alicyclic amines) is 1. The zero-order valence-corrected chi connectivity index (χ0v) is 13.4. The van der Waals surface area contributed by atoms with Gasteiger partial charge in [-0.1, -0.05) is 24.3 Å². The first-order chi connectivity index (χ1) is 10.8. The van der Waals surface area contributed by atoms with Crippen LogP contribution in [-0.4, -0.2) is 36.7 Å². The molecule has 3 rings (SSSR count). The maximum atomic E-state index is 11.7. The van der Waals surface area contributed by atoms with Gasteiger partial charge in [-0.2, -0.15) is 0 Å². The lowest BCUT2D eigenvalue weighted by Gasteiger charge is -2.35. The lowest BCUT2D eigenvalue weighted by atomic mass is 9.87. The molecular weight excluding hydrogens is 276 g/mol. The van der Waals surface area contributed by atoms with E-state index in [0.717, 1.165) is 25.9 Å². The van der Waals surface area contributed by atoms with E-state index in [1.165, 1.54) is 30.4 Å². The van der Waals surface area contributed by atoms with Gasteiger partial charge < -0.3 is 15.0 Å². The van der Waals surface area contributed by atoms with Crippen LogP contribution in [0.25, 0.3) is 0 Å². The van der Waals surface area contributed by atoms with Crippen LogP contribution in [0.3, 0.4) is 0 Å². The van der Waals surface area contributed by atoms with Crippen molar-refractivity contribution in [3.63, 3.8) is 0 Å². The number of carbonyl (C=O) groups excluding carboxylic acids is 1. The average Bonchev–Trinajstić information content (AvgIpc) is 2.56. The number of aryl methyl sites for hydroxylation is 1. The first kappa shape index (κ1) is 15.3. The van der Waals surface area contributed by atoms with E-state index >= 15 is 0 Å². The van der Waals surface area contributed by atoms with Gasteiger partial charge in [-0.15, -0.1) is 0 Å². The summed E-state index contributed by atoms with van der Waals surface area (Å²) in [4.78, 5) is 13.6. The van der Waals surface area contributed by atoms with Crippen molar-refractivity contribution in [3.8, 4) is 0 Å². The van der Waals surface area contributed by atoms with Gasteiger partial charge in [0, 0.05) is 25.2 Å². The number of nitrogens with one attached hydrogen (secondary N) is 1. The van der Waals surface area contributed by atoms with Gasteiger partial charge in [0.05, 0.1) is 6.61 Å². The van der Waals surface area contributed by atoms with Gasteiger partial charge in [-0.05, 0) is 50.2 Å². The third kappa shape index (κ3) is 3.43. The molecule has 1 N–H and O–H groups in total. The van der Waals surface area contributed by atoms with Crippen molar-refractivity contribution in [2.45, 2.75) is 51.1 Å². The average molecular weight is 302 g/mol. The Kier molecular flexibility index (Phi) is 4.98. The number of fused-ring (bicyclic) bond motifs is 1. The zero-order chi connectivity index (χ0) is 15.4. The van der Waals surface area contributed by atoms with Crippen molar-refractivity contribution in [2.75, 3.05) is 19.7 Å². The molecule has 1 heterocycles. The first-order valence-electron chi connectivity index (χ1n) is 8.53. The molecule has 2 aliphatic rings. The number of amides is 1. The van der Waals surface area contributed by atoms with Crippen LogP contribution in [0.5, 0.6) is 0 Å². The highest BCUT2D eigenvalue weighted by atomic mass is 16.6. The second-order valence-electron chi connectivity index (χ2n) is 6.27. The van der Waals surface area contributed by atoms with Crippen molar-refractivity contribution in [1.29, 1.82) is 0 Å². The Balaban J connectivity index is 1.55. The first-order valence-corrected chi connectivity index (χ1v) is 8.53. The maximum absolute atomic E-state index is 11.7. The number of carbonyl (C=O) groups is 1. The third-order valence-electron chi connectivity index (χ3n) is 4.83. The van der Waals surface area contributed by atoms with Crippen LogP contribution in [0.4, 0.5) is 4.79 Å². The van der Waals surface area contributed by atoms with Gasteiger partial charge in [0.2, 0.25) is 0 Å². The van der Waals surface area contributed by atoms with E-state index in [1.807, 2.05) is 11.8 Å². The SMILES string of the molecule is CCOC(=O)N1CCC(NC2CCCc3ccccc32)CC1. The number of hydrogen-bond acceptors (Lipinski definition) is 3. The Bertz CT molecular complexity index is 510. The summed E-state index contributed by atoms with van der Waals surface area (Å²) in [6.07, 6.45) is 5.54. The Labute approximate surface area is 132 Å². The molecule has 0 bridgehead atoms. The summed E-state index contributed by atoms with van der Waals surface area (Å²) in [5.41, 5.74) is 2.97. The normalized spacial score (nSPS) is 22.2. The molecule has 1 aromatic carbocycles. The molecule has 0 spiro atoms. The van der Waals surface area contributed by atoms with Gasteiger partial charge in [-0.3, -0.25) is 0 Å². The van der Waals surface area contributed by atoms with E-state index in [-0.39, 0.29) is 6.09 Å². The van der Waals surface area contributed by atoms with Crippen LogP contribution in [-0.2, 0) is 11.2 Å². The smallest absolute Gasteiger partial charge is 0.409 e. The maximum Gasteiger partial charge on any atom is 0.409 e. The minimum atomic E-state index is -0.163. The number of nitrogens with zero attached hydrogens (tertiary/aromatic N) is 1. The minimum absolute atomic E-state index is 0.163. The number of piperidine rings is 1. The molecule has 0 radical (unpaired) electrons. The molecule has 1 saturated heterocycles. The monoisotopic (exact) mass is 302 g/mol. The van der Waals surface area contributed by atoms with Crippen molar-refractivity contribution in [2.24, 2.45) is 0 Å². The van der Waals surface area contributed by atoms with Gasteiger partial charge >= 0.3 is 6.09 Å². The van der Waals surface area contributed by atoms with Crippen LogP contribution in [0.1, 0.15) is 49.8 Å². The molecule has 0 saturated carbocycles. The molecule has 1 aliphatic carbocycles. The fourth-order valence-corrected chi connectivity index (χ4v) is 3.66. The molecule has 1 fully saturated rings. The molecule has 4 heteroatoms. The molecule has 1 aliphatic heterocycles. The summed E-state index contributed by atoms with van der Waals surface area (Å²) in [5, 5.41) is 3.83. The van der Waals surface area contributed by atoms with Crippen LogP contribution >= 0.6 is 0 Å².